The number of para-hydroxylation sites is 1. The molecule has 0 aliphatic carbocycles. The Bertz CT molecular complexity index is 1060. The zero-order valence-electron chi connectivity index (χ0n) is 19.2. The number of nitrogens with zero attached hydrogens (tertiary/aromatic N) is 3. The van der Waals surface area contributed by atoms with Crippen molar-refractivity contribution in [3.05, 3.63) is 48.0 Å². The Morgan fingerprint density at radius 2 is 1.85 bits per heavy atom. The molecule has 0 N–H and O–H groups in total. The average molecular weight is 452 g/mol. The first-order chi connectivity index (χ1) is 16.0. The molecule has 33 heavy (non-hydrogen) atoms. The predicted molar refractivity (Wildman–Crippen MR) is 125 cm³/mol. The minimum atomic E-state index is -0.151. The predicted octanol–water partition coefficient (Wildman–Crippen LogP) is 3.40. The molecule has 2 aromatic rings. The number of ether oxygens (including phenoxy) is 3. The molecule has 2 heterocycles. The van der Waals surface area contributed by atoms with Crippen LogP contribution in [0.1, 0.15) is 25.3 Å². The Hall–Kier alpha value is -3.39. The maximum absolute atomic E-state index is 13.4. The summed E-state index contributed by atoms with van der Waals surface area (Å²) in [5, 5.41) is 0. The van der Waals surface area contributed by atoms with Crippen molar-refractivity contribution in [1.29, 1.82) is 0 Å². The number of hydrogen-bond acceptors (Lipinski definition) is 7. The van der Waals surface area contributed by atoms with Crippen LogP contribution >= 0.6 is 0 Å². The van der Waals surface area contributed by atoms with E-state index in [-0.39, 0.29) is 17.8 Å². The maximum atomic E-state index is 13.4. The van der Waals surface area contributed by atoms with E-state index in [2.05, 4.69) is 4.90 Å². The normalized spacial score (nSPS) is 17.8. The van der Waals surface area contributed by atoms with Crippen molar-refractivity contribution in [2.24, 2.45) is 10.9 Å². The third-order valence-electron chi connectivity index (χ3n) is 6.07. The molecule has 1 amide bonds. The summed E-state index contributed by atoms with van der Waals surface area (Å²) < 4.78 is 15.9. The average Bonchev–Trinajstić information content (AvgIpc) is 3.10. The number of benzene rings is 2. The van der Waals surface area contributed by atoms with E-state index in [0.29, 0.717) is 36.2 Å². The Kier molecular flexibility index (Phi) is 6.93. The van der Waals surface area contributed by atoms with E-state index in [1.165, 1.54) is 0 Å². The molecule has 0 saturated carbocycles. The number of anilines is 1. The van der Waals surface area contributed by atoms with E-state index in [1.807, 2.05) is 31.2 Å². The Balaban J connectivity index is 1.55. The minimum Gasteiger partial charge on any atom is -0.497 e. The summed E-state index contributed by atoms with van der Waals surface area (Å²) >= 11 is 0. The summed E-state index contributed by atoms with van der Waals surface area (Å²) in [6, 6.07) is 13.0. The monoisotopic (exact) mass is 451 g/mol. The first-order valence-electron chi connectivity index (χ1n) is 11.2. The van der Waals surface area contributed by atoms with Gasteiger partial charge in [0.1, 0.15) is 22.9 Å². The second-order valence-corrected chi connectivity index (χ2v) is 8.03. The van der Waals surface area contributed by atoms with Gasteiger partial charge in [-0.15, -0.1) is 0 Å². The van der Waals surface area contributed by atoms with Crippen LogP contribution in [0.25, 0.3) is 0 Å². The van der Waals surface area contributed by atoms with Crippen LogP contribution in [0.5, 0.6) is 11.5 Å². The van der Waals surface area contributed by atoms with Gasteiger partial charge in [0.15, 0.2) is 0 Å². The van der Waals surface area contributed by atoms with E-state index < -0.39 is 0 Å². The first-order valence-corrected chi connectivity index (χ1v) is 11.2. The van der Waals surface area contributed by atoms with Crippen molar-refractivity contribution in [3.63, 3.8) is 0 Å². The molecule has 0 atom stereocenters. The van der Waals surface area contributed by atoms with Gasteiger partial charge in [-0.3, -0.25) is 19.4 Å². The first kappa shape index (κ1) is 22.8. The molecule has 0 unspecified atom stereocenters. The fourth-order valence-corrected chi connectivity index (χ4v) is 4.28. The number of hydrogen-bond donors (Lipinski definition) is 0. The molecular weight excluding hydrogens is 422 g/mol. The highest BCUT2D eigenvalue weighted by Crippen LogP contribution is 2.36. The molecule has 2 aliphatic rings. The molecule has 2 aromatic carbocycles. The summed E-state index contributed by atoms with van der Waals surface area (Å²) in [7, 11) is 3.15. The fourth-order valence-electron chi connectivity index (χ4n) is 4.28. The summed E-state index contributed by atoms with van der Waals surface area (Å²) in [6.45, 7) is 4.13. The Labute approximate surface area is 193 Å². The van der Waals surface area contributed by atoms with Gasteiger partial charge in [-0.2, -0.15) is 0 Å². The lowest BCUT2D eigenvalue weighted by Crippen LogP contribution is -2.45. The SMILES string of the molecule is CCOC(=O)C1CCN(CN2C(=O)C(=Nc3ccc(OC)cc3OC)c3ccccc32)CC1. The summed E-state index contributed by atoms with van der Waals surface area (Å²) in [5.41, 5.74) is 2.58. The quantitative estimate of drug-likeness (QED) is 0.601. The standard InChI is InChI=1S/C25H29N3O5/c1-4-33-25(30)17-11-13-27(14-12-17)16-28-21-8-6-5-7-19(21)23(24(28)29)26-20-10-9-18(31-2)15-22(20)32-3/h5-10,15,17H,4,11-14,16H2,1-3H3. The van der Waals surface area contributed by atoms with Crippen LogP contribution in [0.4, 0.5) is 11.4 Å². The highest BCUT2D eigenvalue weighted by Gasteiger charge is 2.36. The second-order valence-electron chi connectivity index (χ2n) is 8.03. The van der Waals surface area contributed by atoms with Gasteiger partial charge in [0.05, 0.1) is 39.1 Å². The number of carbonyl (C=O) groups excluding carboxylic acids is 2. The number of likely N-dealkylation sites (tertiary alicyclic amines) is 1. The van der Waals surface area contributed by atoms with E-state index in [1.54, 1.807) is 37.3 Å². The van der Waals surface area contributed by atoms with Gasteiger partial charge in [-0.25, -0.2) is 4.99 Å². The number of aliphatic imine (C=N–C) groups is 1. The Morgan fingerprint density at radius 3 is 2.55 bits per heavy atom. The van der Waals surface area contributed by atoms with Crippen molar-refractivity contribution in [2.75, 3.05) is 45.5 Å². The van der Waals surface area contributed by atoms with Crippen LogP contribution in [0.3, 0.4) is 0 Å². The van der Waals surface area contributed by atoms with Crippen LogP contribution in [0, 0.1) is 5.92 Å². The smallest absolute Gasteiger partial charge is 0.309 e. The number of fused-ring (bicyclic) bond motifs is 1. The van der Waals surface area contributed by atoms with Gasteiger partial charge < -0.3 is 14.2 Å². The fraction of sp³-hybridized carbons (Fsp3) is 0.400. The molecule has 2 aliphatic heterocycles. The second kappa shape index (κ2) is 10.0. The van der Waals surface area contributed by atoms with E-state index in [9.17, 15) is 9.59 Å². The summed E-state index contributed by atoms with van der Waals surface area (Å²) in [5.74, 6) is 0.847. The van der Waals surface area contributed by atoms with Gasteiger partial charge in [-0.05, 0) is 38.0 Å². The number of esters is 1. The lowest BCUT2D eigenvalue weighted by atomic mass is 9.97. The molecule has 4 rings (SSSR count). The molecule has 174 valence electrons. The maximum Gasteiger partial charge on any atom is 0.309 e. The lowest BCUT2D eigenvalue weighted by molar-refractivity contribution is -0.149. The third-order valence-corrected chi connectivity index (χ3v) is 6.07. The van der Waals surface area contributed by atoms with Gasteiger partial charge in [0.25, 0.3) is 5.91 Å². The number of rotatable bonds is 7. The van der Waals surface area contributed by atoms with Crippen molar-refractivity contribution in [2.45, 2.75) is 19.8 Å². The van der Waals surface area contributed by atoms with Crippen LogP contribution in [-0.2, 0) is 14.3 Å². The zero-order valence-corrected chi connectivity index (χ0v) is 19.2. The van der Waals surface area contributed by atoms with Crippen LogP contribution in [0.15, 0.2) is 47.5 Å². The molecular formula is C25H29N3O5. The van der Waals surface area contributed by atoms with Crippen LogP contribution in [-0.4, -0.2) is 63.1 Å². The van der Waals surface area contributed by atoms with Gasteiger partial charge >= 0.3 is 5.97 Å². The largest absolute Gasteiger partial charge is 0.497 e. The highest BCUT2D eigenvalue weighted by atomic mass is 16.5. The molecule has 8 nitrogen and oxygen atoms in total. The number of carbonyl (C=O) groups is 2. The van der Waals surface area contributed by atoms with E-state index in [0.717, 1.165) is 37.2 Å². The van der Waals surface area contributed by atoms with Crippen LogP contribution < -0.4 is 14.4 Å². The summed E-state index contributed by atoms with van der Waals surface area (Å²) in [6.07, 6.45) is 1.46. The van der Waals surface area contributed by atoms with Crippen LogP contribution in [0.2, 0.25) is 0 Å². The van der Waals surface area contributed by atoms with E-state index in [4.69, 9.17) is 19.2 Å². The third kappa shape index (κ3) is 4.71. The van der Waals surface area contributed by atoms with Crippen molar-refractivity contribution < 1.29 is 23.8 Å². The van der Waals surface area contributed by atoms with Gasteiger partial charge in [-0.1, -0.05) is 18.2 Å². The van der Waals surface area contributed by atoms with Gasteiger partial charge in [0, 0.05) is 24.7 Å². The van der Waals surface area contributed by atoms with Gasteiger partial charge in [0.2, 0.25) is 0 Å². The number of piperidine rings is 1. The van der Waals surface area contributed by atoms with Crippen molar-refractivity contribution in [1.82, 2.24) is 4.90 Å². The topological polar surface area (TPSA) is 80.7 Å². The zero-order chi connectivity index (χ0) is 23.4. The van der Waals surface area contributed by atoms with Crippen molar-refractivity contribution in [3.8, 4) is 11.5 Å². The Morgan fingerprint density at radius 1 is 1.09 bits per heavy atom. The lowest BCUT2D eigenvalue weighted by Gasteiger charge is -2.33. The molecule has 0 bridgehead atoms. The minimum absolute atomic E-state index is 0.0672. The van der Waals surface area contributed by atoms with E-state index >= 15 is 0 Å². The number of amides is 1. The molecule has 0 radical (unpaired) electrons. The molecule has 0 spiro atoms. The molecule has 0 aromatic heterocycles. The highest BCUT2D eigenvalue weighted by molar-refractivity contribution is 6.54. The molecule has 1 fully saturated rings. The number of methoxy groups -OCH3 is 2. The molecule has 1 saturated heterocycles. The molecule has 8 heteroatoms. The van der Waals surface area contributed by atoms with Crippen molar-refractivity contribution >= 4 is 29.0 Å². The summed E-state index contributed by atoms with van der Waals surface area (Å²) in [4.78, 5) is 34.1.